The van der Waals surface area contributed by atoms with Gasteiger partial charge in [-0.15, -0.1) is 11.8 Å². The molecule has 0 bridgehead atoms. The number of carbonyl (C=O) groups excluding carboxylic acids is 1. The van der Waals surface area contributed by atoms with Crippen molar-refractivity contribution in [3.63, 3.8) is 0 Å². The van der Waals surface area contributed by atoms with Crippen molar-refractivity contribution < 1.29 is 13.2 Å². The molecule has 0 spiro atoms. The number of carbonyl (C=O) groups is 1. The molecule has 29 heavy (non-hydrogen) atoms. The molecular weight excluding hydrogens is 428 g/mol. The maximum Gasteiger partial charge on any atom is 0.258 e. The lowest BCUT2D eigenvalue weighted by molar-refractivity contribution is 0.0986. The van der Waals surface area contributed by atoms with Crippen LogP contribution in [0.4, 0.5) is 5.69 Å². The normalized spacial score (nSPS) is 17.1. The van der Waals surface area contributed by atoms with E-state index in [0.29, 0.717) is 30.4 Å². The number of sulfonamides is 1. The first-order valence-electron chi connectivity index (χ1n) is 9.66. The van der Waals surface area contributed by atoms with Gasteiger partial charge in [0, 0.05) is 35.3 Å². The van der Waals surface area contributed by atoms with E-state index in [4.69, 9.17) is 11.6 Å². The van der Waals surface area contributed by atoms with Crippen LogP contribution in [0.1, 0.15) is 37.6 Å². The second-order valence-electron chi connectivity index (χ2n) is 6.88. The van der Waals surface area contributed by atoms with Gasteiger partial charge in [-0.2, -0.15) is 4.31 Å². The largest absolute Gasteiger partial charge is 0.307 e. The Morgan fingerprint density at radius 1 is 1.21 bits per heavy atom. The number of fused-ring (bicyclic) bond motifs is 1. The molecule has 3 rings (SSSR count). The van der Waals surface area contributed by atoms with Gasteiger partial charge in [-0.25, -0.2) is 8.42 Å². The number of thioether (sulfide) groups is 1. The Hall–Kier alpha value is -1.54. The van der Waals surface area contributed by atoms with Gasteiger partial charge < -0.3 is 4.90 Å². The number of hydrogen-bond donors (Lipinski definition) is 0. The zero-order chi connectivity index (χ0) is 21.2. The molecule has 0 radical (unpaired) electrons. The molecule has 1 aliphatic rings. The molecule has 1 aliphatic heterocycles. The zero-order valence-electron chi connectivity index (χ0n) is 16.8. The van der Waals surface area contributed by atoms with Gasteiger partial charge in [-0.05, 0) is 36.8 Å². The Morgan fingerprint density at radius 2 is 1.90 bits per heavy atom. The number of amides is 1. The predicted molar refractivity (Wildman–Crippen MR) is 120 cm³/mol. The summed E-state index contributed by atoms with van der Waals surface area (Å²) in [6, 6.07) is 12.3. The molecule has 8 heteroatoms. The lowest BCUT2D eigenvalue weighted by atomic mass is 10.1. The van der Waals surface area contributed by atoms with E-state index in [1.165, 1.54) is 16.4 Å². The summed E-state index contributed by atoms with van der Waals surface area (Å²) in [6.07, 6.45) is 0.850. The van der Waals surface area contributed by atoms with Crippen molar-refractivity contribution in [2.75, 3.05) is 24.5 Å². The number of halogens is 1. The zero-order valence-corrected chi connectivity index (χ0v) is 19.1. The Balaban J connectivity index is 2.03. The van der Waals surface area contributed by atoms with E-state index in [0.717, 1.165) is 17.0 Å². The van der Waals surface area contributed by atoms with Crippen molar-refractivity contribution in [3.05, 3.63) is 53.1 Å². The van der Waals surface area contributed by atoms with Crippen LogP contribution < -0.4 is 4.90 Å². The molecule has 0 N–H and O–H groups in total. The highest BCUT2D eigenvalue weighted by Crippen LogP contribution is 2.38. The van der Waals surface area contributed by atoms with Gasteiger partial charge in [0.15, 0.2) is 0 Å². The van der Waals surface area contributed by atoms with Crippen LogP contribution in [0.3, 0.4) is 0 Å². The first-order valence-corrected chi connectivity index (χ1v) is 12.4. The summed E-state index contributed by atoms with van der Waals surface area (Å²) in [4.78, 5) is 16.1. The van der Waals surface area contributed by atoms with Gasteiger partial charge in [0.25, 0.3) is 5.91 Å². The SMILES string of the molecule is CCN(CC)S(=O)(=O)c1cc(C(=O)N2CC[C@@H](C)Sc3ccccc32)ccc1Cl. The van der Waals surface area contributed by atoms with E-state index < -0.39 is 10.0 Å². The lowest BCUT2D eigenvalue weighted by Gasteiger charge is -2.24. The van der Waals surface area contributed by atoms with Crippen LogP contribution in [0.5, 0.6) is 0 Å². The predicted octanol–water partition coefficient (Wildman–Crippen LogP) is 4.90. The summed E-state index contributed by atoms with van der Waals surface area (Å²) < 4.78 is 27.3. The monoisotopic (exact) mass is 452 g/mol. The number of para-hydroxylation sites is 1. The van der Waals surface area contributed by atoms with Crippen LogP contribution in [0.25, 0.3) is 0 Å². The molecular formula is C21H25ClN2O3S2. The summed E-state index contributed by atoms with van der Waals surface area (Å²) in [5, 5.41) is 0.506. The molecule has 1 heterocycles. The molecule has 0 saturated heterocycles. The van der Waals surface area contributed by atoms with Crippen molar-refractivity contribution in [3.8, 4) is 0 Å². The van der Waals surface area contributed by atoms with Crippen molar-refractivity contribution in [1.29, 1.82) is 0 Å². The minimum atomic E-state index is -3.77. The fourth-order valence-corrected chi connectivity index (χ4v) is 6.46. The van der Waals surface area contributed by atoms with E-state index in [9.17, 15) is 13.2 Å². The average molecular weight is 453 g/mol. The third-order valence-corrected chi connectivity index (χ3v) is 8.76. The molecule has 2 aromatic rings. The maximum atomic E-state index is 13.4. The summed E-state index contributed by atoms with van der Waals surface area (Å²) in [5.74, 6) is -0.222. The minimum absolute atomic E-state index is 0.0282. The van der Waals surface area contributed by atoms with Crippen LogP contribution in [-0.4, -0.2) is 43.5 Å². The van der Waals surface area contributed by atoms with E-state index in [1.807, 2.05) is 24.3 Å². The highest BCUT2D eigenvalue weighted by molar-refractivity contribution is 8.00. The van der Waals surface area contributed by atoms with Crippen LogP contribution >= 0.6 is 23.4 Å². The van der Waals surface area contributed by atoms with Crippen molar-refractivity contribution in [1.82, 2.24) is 4.31 Å². The number of anilines is 1. The Labute approximate surface area is 182 Å². The summed E-state index contributed by atoms with van der Waals surface area (Å²) >= 11 is 7.97. The second-order valence-corrected chi connectivity index (χ2v) is 10.7. The number of hydrogen-bond acceptors (Lipinski definition) is 4. The standard InChI is InChI=1S/C21H25ClN2O3S2/c1-4-23(5-2)29(26,27)20-14-16(10-11-17(20)22)21(25)24-13-12-15(3)28-19-9-7-6-8-18(19)24/h6-11,14-15H,4-5,12-13H2,1-3H3/t15-/m1/s1. The lowest BCUT2D eigenvalue weighted by Crippen LogP contribution is -2.33. The van der Waals surface area contributed by atoms with Gasteiger partial charge in [-0.3, -0.25) is 4.79 Å². The van der Waals surface area contributed by atoms with E-state index in [1.54, 1.807) is 36.6 Å². The smallest absolute Gasteiger partial charge is 0.258 e. The van der Waals surface area contributed by atoms with Crippen LogP contribution in [-0.2, 0) is 10.0 Å². The molecule has 0 unspecified atom stereocenters. The molecule has 0 fully saturated rings. The first kappa shape index (κ1) is 22.2. The summed E-state index contributed by atoms with van der Waals surface area (Å²) in [7, 11) is -3.77. The number of nitrogens with zero attached hydrogens (tertiary/aromatic N) is 2. The molecule has 1 atom stereocenters. The second kappa shape index (κ2) is 9.08. The van der Waals surface area contributed by atoms with Crippen molar-refractivity contribution >= 4 is 45.0 Å². The molecule has 0 saturated carbocycles. The highest BCUT2D eigenvalue weighted by Gasteiger charge is 2.29. The quantitative estimate of drug-likeness (QED) is 0.647. The number of benzene rings is 2. The third kappa shape index (κ3) is 4.48. The Kier molecular flexibility index (Phi) is 6.94. The van der Waals surface area contributed by atoms with E-state index >= 15 is 0 Å². The molecule has 0 aromatic heterocycles. The van der Waals surface area contributed by atoms with Crippen LogP contribution in [0, 0.1) is 0 Å². The average Bonchev–Trinajstić information content (AvgIpc) is 2.86. The van der Waals surface area contributed by atoms with E-state index in [2.05, 4.69) is 6.92 Å². The molecule has 5 nitrogen and oxygen atoms in total. The van der Waals surface area contributed by atoms with Gasteiger partial charge in [0.05, 0.1) is 10.7 Å². The summed E-state index contributed by atoms with van der Waals surface area (Å²) in [6.45, 7) is 6.94. The van der Waals surface area contributed by atoms with Crippen LogP contribution in [0.2, 0.25) is 5.02 Å². The van der Waals surface area contributed by atoms with Crippen LogP contribution in [0.15, 0.2) is 52.3 Å². The Morgan fingerprint density at radius 3 is 2.59 bits per heavy atom. The van der Waals surface area contributed by atoms with Gasteiger partial charge in [0.1, 0.15) is 4.90 Å². The van der Waals surface area contributed by atoms with Crippen molar-refractivity contribution in [2.45, 2.75) is 42.2 Å². The number of rotatable bonds is 5. The topological polar surface area (TPSA) is 57.7 Å². The van der Waals surface area contributed by atoms with Gasteiger partial charge >= 0.3 is 0 Å². The third-order valence-electron chi connectivity index (χ3n) is 4.99. The minimum Gasteiger partial charge on any atom is -0.307 e. The van der Waals surface area contributed by atoms with Crippen molar-refractivity contribution in [2.24, 2.45) is 0 Å². The van der Waals surface area contributed by atoms with E-state index in [-0.39, 0.29) is 15.8 Å². The molecule has 2 aromatic carbocycles. The Bertz CT molecular complexity index is 1010. The van der Waals surface area contributed by atoms with Gasteiger partial charge in [0.2, 0.25) is 10.0 Å². The molecule has 0 aliphatic carbocycles. The van der Waals surface area contributed by atoms with Gasteiger partial charge in [-0.1, -0.05) is 44.5 Å². The fraction of sp³-hybridized carbons (Fsp3) is 0.381. The maximum absolute atomic E-state index is 13.4. The molecule has 1 amide bonds. The first-order chi connectivity index (χ1) is 13.8. The summed E-state index contributed by atoms with van der Waals surface area (Å²) in [5.41, 5.74) is 1.17. The highest BCUT2D eigenvalue weighted by atomic mass is 35.5. The fourth-order valence-electron chi connectivity index (χ4n) is 3.39. The molecule has 156 valence electrons.